The van der Waals surface area contributed by atoms with E-state index in [9.17, 15) is 4.79 Å². The van der Waals surface area contributed by atoms with Crippen LogP contribution in [0.3, 0.4) is 0 Å². The lowest BCUT2D eigenvalue weighted by molar-refractivity contribution is 0.123. The van der Waals surface area contributed by atoms with Gasteiger partial charge in [0.25, 0.3) is 5.56 Å². The van der Waals surface area contributed by atoms with Crippen LogP contribution in [0.5, 0.6) is 0 Å². The van der Waals surface area contributed by atoms with Gasteiger partial charge in [0.05, 0.1) is 10.9 Å². The molecule has 0 radical (unpaired) electrons. The van der Waals surface area contributed by atoms with Crippen LogP contribution in [0.2, 0.25) is 0 Å². The molecule has 0 N–H and O–H groups in total. The molecule has 4 heteroatoms. The van der Waals surface area contributed by atoms with Crippen molar-refractivity contribution in [2.24, 2.45) is 0 Å². The molecule has 2 aromatic rings. The third-order valence-corrected chi connectivity index (χ3v) is 5.18. The quantitative estimate of drug-likeness (QED) is 0.744. The van der Waals surface area contributed by atoms with Gasteiger partial charge in [-0.2, -0.15) is 0 Å². The summed E-state index contributed by atoms with van der Waals surface area (Å²) in [4.78, 5) is 20.1. The Morgan fingerprint density at radius 3 is 2.95 bits per heavy atom. The summed E-state index contributed by atoms with van der Waals surface area (Å²) in [6, 6.07) is 6.55. The second kappa shape index (κ2) is 4.67. The van der Waals surface area contributed by atoms with Crippen molar-refractivity contribution in [3.63, 3.8) is 0 Å². The number of piperidine rings is 1. The lowest BCUT2D eigenvalue weighted by atomic mass is 9.84. The van der Waals surface area contributed by atoms with E-state index >= 15 is 0 Å². The first-order valence-corrected chi connectivity index (χ1v) is 7.86. The van der Waals surface area contributed by atoms with Crippen molar-refractivity contribution in [3.05, 3.63) is 39.9 Å². The maximum absolute atomic E-state index is 12.8. The molecule has 4 rings (SSSR count). The van der Waals surface area contributed by atoms with Crippen LogP contribution in [0.25, 0.3) is 10.9 Å². The lowest BCUT2D eigenvalue weighted by Crippen LogP contribution is -2.47. The SMILES string of the molecule is Cc1ccc2nc3n(c(=O)c2c1)CC[C@@H]1[C@H]3CCCN1C. The number of aryl methyl sites for hydroxylation is 1. The largest absolute Gasteiger partial charge is 0.303 e. The first kappa shape index (κ1) is 13.0. The van der Waals surface area contributed by atoms with Gasteiger partial charge in [-0.15, -0.1) is 0 Å². The fourth-order valence-electron chi connectivity index (χ4n) is 4.06. The molecule has 0 saturated carbocycles. The van der Waals surface area contributed by atoms with Crippen molar-refractivity contribution in [3.8, 4) is 0 Å². The van der Waals surface area contributed by atoms with Crippen molar-refractivity contribution in [2.75, 3.05) is 13.6 Å². The van der Waals surface area contributed by atoms with E-state index in [1.807, 2.05) is 29.7 Å². The van der Waals surface area contributed by atoms with E-state index < -0.39 is 0 Å². The maximum Gasteiger partial charge on any atom is 0.261 e. The number of nitrogens with zero attached hydrogens (tertiary/aromatic N) is 3. The fourth-order valence-corrected chi connectivity index (χ4v) is 4.06. The minimum absolute atomic E-state index is 0.144. The van der Waals surface area contributed by atoms with E-state index in [1.165, 1.54) is 6.42 Å². The summed E-state index contributed by atoms with van der Waals surface area (Å²) in [6.07, 6.45) is 3.41. The van der Waals surface area contributed by atoms with E-state index in [0.29, 0.717) is 12.0 Å². The van der Waals surface area contributed by atoms with Gasteiger partial charge in [-0.1, -0.05) is 11.6 Å². The minimum atomic E-state index is 0.144. The molecular formula is C17H21N3O. The summed E-state index contributed by atoms with van der Waals surface area (Å²) in [5.74, 6) is 1.43. The molecule has 0 spiro atoms. The topological polar surface area (TPSA) is 38.1 Å². The molecule has 0 amide bonds. The predicted molar refractivity (Wildman–Crippen MR) is 83.8 cm³/mol. The van der Waals surface area contributed by atoms with Crippen molar-refractivity contribution in [1.29, 1.82) is 0 Å². The van der Waals surface area contributed by atoms with Crippen LogP contribution in [0, 0.1) is 6.92 Å². The lowest BCUT2D eigenvalue weighted by Gasteiger charge is -2.42. The number of fused-ring (bicyclic) bond motifs is 4. The van der Waals surface area contributed by atoms with Crippen molar-refractivity contribution < 1.29 is 0 Å². The maximum atomic E-state index is 12.8. The van der Waals surface area contributed by atoms with E-state index in [-0.39, 0.29) is 5.56 Å². The van der Waals surface area contributed by atoms with Gasteiger partial charge in [0.2, 0.25) is 0 Å². The molecule has 2 aliphatic heterocycles. The van der Waals surface area contributed by atoms with Crippen molar-refractivity contribution in [1.82, 2.24) is 14.5 Å². The highest BCUT2D eigenvalue weighted by atomic mass is 16.1. The molecule has 0 unspecified atom stereocenters. The Balaban J connectivity index is 1.94. The van der Waals surface area contributed by atoms with E-state index in [1.54, 1.807) is 0 Å². The molecule has 1 saturated heterocycles. The fraction of sp³-hybridized carbons (Fsp3) is 0.529. The molecule has 2 atom stereocenters. The first-order chi connectivity index (χ1) is 10.1. The Hall–Kier alpha value is -1.68. The van der Waals surface area contributed by atoms with Gasteiger partial charge in [0.15, 0.2) is 0 Å². The molecule has 2 aliphatic rings. The summed E-state index contributed by atoms with van der Waals surface area (Å²) in [5.41, 5.74) is 2.11. The Kier molecular flexibility index (Phi) is 2.89. The summed E-state index contributed by atoms with van der Waals surface area (Å²) in [5, 5.41) is 0.765. The predicted octanol–water partition coefficient (Wildman–Crippen LogP) is 2.29. The van der Waals surface area contributed by atoms with Crippen LogP contribution in [-0.2, 0) is 6.54 Å². The normalized spacial score (nSPS) is 25.6. The van der Waals surface area contributed by atoms with Crippen molar-refractivity contribution in [2.45, 2.75) is 44.7 Å². The molecule has 110 valence electrons. The first-order valence-electron chi connectivity index (χ1n) is 7.86. The minimum Gasteiger partial charge on any atom is -0.303 e. The van der Waals surface area contributed by atoms with Gasteiger partial charge in [-0.3, -0.25) is 9.36 Å². The van der Waals surface area contributed by atoms with Crippen molar-refractivity contribution >= 4 is 10.9 Å². The number of benzene rings is 1. The zero-order valence-corrected chi connectivity index (χ0v) is 12.7. The zero-order chi connectivity index (χ0) is 14.6. The van der Waals surface area contributed by atoms with Gasteiger partial charge >= 0.3 is 0 Å². The summed E-state index contributed by atoms with van der Waals surface area (Å²) in [6.45, 7) is 3.99. The molecule has 3 heterocycles. The highest BCUT2D eigenvalue weighted by Crippen LogP contribution is 2.36. The molecule has 4 nitrogen and oxygen atoms in total. The number of likely N-dealkylation sites (tertiary alicyclic amines) is 1. The molecule has 1 aromatic heterocycles. The van der Waals surface area contributed by atoms with Crippen LogP contribution < -0.4 is 5.56 Å². The smallest absolute Gasteiger partial charge is 0.261 e. The number of likely N-dealkylation sites (N-methyl/N-ethyl adjacent to an activating group) is 1. The Morgan fingerprint density at radius 2 is 2.10 bits per heavy atom. The molecule has 21 heavy (non-hydrogen) atoms. The number of hydrogen-bond acceptors (Lipinski definition) is 3. The van der Waals surface area contributed by atoms with E-state index in [2.05, 4.69) is 11.9 Å². The Labute approximate surface area is 124 Å². The third kappa shape index (κ3) is 1.93. The average molecular weight is 283 g/mol. The van der Waals surface area contributed by atoms with Crippen LogP contribution in [0.15, 0.2) is 23.0 Å². The van der Waals surface area contributed by atoms with Gasteiger partial charge in [0, 0.05) is 18.5 Å². The molecular weight excluding hydrogens is 262 g/mol. The number of rotatable bonds is 0. The second-order valence-electron chi connectivity index (χ2n) is 6.53. The average Bonchev–Trinajstić information content (AvgIpc) is 2.48. The van der Waals surface area contributed by atoms with Crippen LogP contribution in [0.1, 0.15) is 36.6 Å². The van der Waals surface area contributed by atoms with Gasteiger partial charge in [-0.25, -0.2) is 4.98 Å². The standard InChI is InChI=1S/C17H21N3O/c1-11-5-6-14-13(10-11)17(21)20-9-7-15-12(16(20)18-14)4-3-8-19(15)2/h5-6,10,12,15H,3-4,7-9H2,1-2H3/t12-,15-/m1/s1. The summed E-state index contributed by atoms with van der Waals surface area (Å²) >= 11 is 0. The highest BCUT2D eigenvalue weighted by Gasteiger charge is 2.36. The Morgan fingerprint density at radius 1 is 1.24 bits per heavy atom. The number of aromatic nitrogens is 2. The zero-order valence-electron chi connectivity index (χ0n) is 12.7. The molecule has 1 aromatic carbocycles. The van der Waals surface area contributed by atoms with Gasteiger partial charge in [0.1, 0.15) is 5.82 Å². The monoisotopic (exact) mass is 283 g/mol. The van der Waals surface area contributed by atoms with Crippen LogP contribution in [-0.4, -0.2) is 34.1 Å². The molecule has 0 bridgehead atoms. The molecule has 0 aliphatic carbocycles. The number of hydrogen-bond donors (Lipinski definition) is 0. The van der Waals surface area contributed by atoms with E-state index in [0.717, 1.165) is 48.2 Å². The van der Waals surface area contributed by atoms with Gasteiger partial charge in [-0.05, 0) is 51.9 Å². The highest BCUT2D eigenvalue weighted by molar-refractivity contribution is 5.78. The third-order valence-electron chi connectivity index (χ3n) is 5.18. The summed E-state index contributed by atoms with van der Waals surface area (Å²) < 4.78 is 1.93. The second-order valence-corrected chi connectivity index (χ2v) is 6.53. The molecule has 1 fully saturated rings. The Bertz CT molecular complexity index is 764. The summed E-state index contributed by atoms with van der Waals surface area (Å²) in [7, 11) is 2.20. The van der Waals surface area contributed by atoms with E-state index in [4.69, 9.17) is 4.98 Å². The van der Waals surface area contributed by atoms with Crippen LogP contribution >= 0.6 is 0 Å². The van der Waals surface area contributed by atoms with Crippen LogP contribution in [0.4, 0.5) is 0 Å². The van der Waals surface area contributed by atoms with Gasteiger partial charge < -0.3 is 4.90 Å².